The quantitative estimate of drug-likeness (QED) is 0.842. The molecule has 19 heavy (non-hydrogen) atoms. The maximum absolute atomic E-state index is 11.9. The van der Waals surface area contributed by atoms with Gasteiger partial charge in [-0.25, -0.2) is 0 Å². The molecule has 1 aromatic rings. The Morgan fingerprint density at radius 1 is 1.42 bits per heavy atom. The summed E-state index contributed by atoms with van der Waals surface area (Å²) < 4.78 is 0. The summed E-state index contributed by atoms with van der Waals surface area (Å²) in [5, 5.41) is 2.55. The highest BCUT2D eigenvalue weighted by molar-refractivity contribution is 6.39. The van der Waals surface area contributed by atoms with E-state index >= 15 is 0 Å². The molecule has 1 fully saturated rings. The lowest BCUT2D eigenvalue weighted by atomic mass is 10.1. The zero-order valence-electron chi connectivity index (χ0n) is 11.1. The van der Waals surface area contributed by atoms with Crippen LogP contribution in [0, 0.1) is 5.92 Å². The smallest absolute Gasteiger partial charge is 0.313 e. The molecule has 2 rings (SSSR count). The molecule has 0 unspecified atom stereocenters. The van der Waals surface area contributed by atoms with Crippen molar-refractivity contribution in [2.24, 2.45) is 5.92 Å². The maximum atomic E-state index is 11.9. The van der Waals surface area contributed by atoms with Crippen LogP contribution < -0.4 is 5.32 Å². The van der Waals surface area contributed by atoms with Crippen LogP contribution in [0.2, 0.25) is 0 Å². The van der Waals surface area contributed by atoms with E-state index in [2.05, 4.69) is 10.3 Å². The van der Waals surface area contributed by atoms with Gasteiger partial charge in [-0.05, 0) is 30.9 Å². The van der Waals surface area contributed by atoms with E-state index in [0.717, 1.165) is 12.8 Å². The zero-order chi connectivity index (χ0) is 13.7. The number of carbonyl (C=O) groups is 2. The highest BCUT2D eigenvalue weighted by Gasteiger charge is 2.23. The number of carbonyl (C=O) groups excluding carboxylic acids is 2. The highest BCUT2D eigenvalue weighted by atomic mass is 16.2. The number of aromatic nitrogens is 1. The summed E-state index contributed by atoms with van der Waals surface area (Å²) in [6, 6.07) is 3.41. The summed E-state index contributed by atoms with van der Waals surface area (Å²) in [6.07, 6.45) is 7.90. The third-order valence-corrected chi connectivity index (χ3v) is 3.47. The van der Waals surface area contributed by atoms with Gasteiger partial charge in [-0.2, -0.15) is 0 Å². The van der Waals surface area contributed by atoms with Crippen molar-refractivity contribution in [1.82, 2.24) is 9.88 Å². The summed E-state index contributed by atoms with van der Waals surface area (Å²) in [5.41, 5.74) is 0.537. The fourth-order valence-electron chi connectivity index (χ4n) is 2.46. The molecule has 1 heterocycles. The van der Waals surface area contributed by atoms with Crippen LogP contribution in [-0.4, -0.2) is 35.3 Å². The number of rotatable bonds is 3. The molecular weight excluding hydrogens is 242 g/mol. The number of amides is 2. The van der Waals surface area contributed by atoms with Gasteiger partial charge in [-0.15, -0.1) is 0 Å². The van der Waals surface area contributed by atoms with Crippen LogP contribution in [0.3, 0.4) is 0 Å². The second kappa shape index (κ2) is 6.31. The second-order valence-corrected chi connectivity index (χ2v) is 5.03. The summed E-state index contributed by atoms with van der Waals surface area (Å²) in [5.74, 6) is -0.551. The van der Waals surface area contributed by atoms with Gasteiger partial charge in [0, 0.05) is 19.8 Å². The van der Waals surface area contributed by atoms with Crippen LogP contribution in [0.4, 0.5) is 5.69 Å². The molecule has 102 valence electrons. The molecule has 0 aromatic carbocycles. The zero-order valence-corrected chi connectivity index (χ0v) is 11.1. The van der Waals surface area contributed by atoms with E-state index in [1.165, 1.54) is 23.9 Å². The van der Waals surface area contributed by atoms with E-state index in [0.29, 0.717) is 18.2 Å². The highest BCUT2D eigenvalue weighted by Crippen LogP contribution is 2.25. The SMILES string of the molecule is CN(CC1CCCC1)C(=O)C(=O)Nc1cccnc1. The van der Waals surface area contributed by atoms with E-state index in [4.69, 9.17) is 0 Å². The molecule has 0 saturated heterocycles. The Bertz CT molecular complexity index is 441. The average Bonchev–Trinajstić information content (AvgIpc) is 2.91. The van der Waals surface area contributed by atoms with Gasteiger partial charge in [0.1, 0.15) is 0 Å². The van der Waals surface area contributed by atoms with Crippen LogP contribution in [-0.2, 0) is 9.59 Å². The fourth-order valence-corrected chi connectivity index (χ4v) is 2.46. The van der Waals surface area contributed by atoms with Gasteiger partial charge in [-0.1, -0.05) is 12.8 Å². The van der Waals surface area contributed by atoms with Gasteiger partial charge in [0.2, 0.25) is 0 Å². The van der Waals surface area contributed by atoms with E-state index in [1.54, 1.807) is 25.4 Å². The van der Waals surface area contributed by atoms with Crippen LogP contribution in [0.1, 0.15) is 25.7 Å². The maximum Gasteiger partial charge on any atom is 0.313 e. The van der Waals surface area contributed by atoms with Gasteiger partial charge in [0.15, 0.2) is 0 Å². The summed E-state index contributed by atoms with van der Waals surface area (Å²) in [6.45, 7) is 0.666. The lowest BCUT2D eigenvalue weighted by molar-refractivity contribution is -0.142. The normalized spacial score (nSPS) is 15.2. The van der Waals surface area contributed by atoms with E-state index in [9.17, 15) is 9.59 Å². The Kier molecular flexibility index (Phi) is 4.49. The minimum absolute atomic E-state index is 0.490. The van der Waals surface area contributed by atoms with Crippen molar-refractivity contribution in [2.45, 2.75) is 25.7 Å². The number of pyridine rings is 1. The minimum Gasteiger partial charge on any atom is -0.337 e. The van der Waals surface area contributed by atoms with Gasteiger partial charge in [-0.3, -0.25) is 14.6 Å². The number of anilines is 1. The molecule has 1 aromatic heterocycles. The number of nitrogens with one attached hydrogen (secondary N) is 1. The molecule has 0 radical (unpaired) electrons. The first-order chi connectivity index (χ1) is 9.16. The van der Waals surface area contributed by atoms with Gasteiger partial charge in [0.05, 0.1) is 11.9 Å². The molecule has 0 bridgehead atoms. The van der Waals surface area contributed by atoms with Crippen molar-refractivity contribution >= 4 is 17.5 Å². The van der Waals surface area contributed by atoms with E-state index < -0.39 is 11.8 Å². The molecular formula is C14H19N3O2. The molecule has 5 heteroatoms. The molecule has 5 nitrogen and oxygen atoms in total. The van der Waals surface area contributed by atoms with Crippen molar-refractivity contribution in [3.8, 4) is 0 Å². The van der Waals surface area contributed by atoms with Crippen molar-refractivity contribution in [3.05, 3.63) is 24.5 Å². The monoisotopic (exact) mass is 261 g/mol. The Morgan fingerprint density at radius 2 is 2.16 bits per heavy atom. The lowest BCUT2D eigenvalue weighted by Crippen LogP contribution is -2.39. The number of nitrogens with zero attached hydrogens (tertiary/aromatic N) is 2. The molecule has 1 aliphatic carbocycles. The summed E-state index contributed by atoms with van der Waals surface area (Å²) in [4.78, 5) is 29.1. The topological polar surface area (TPSA) is 62.3 Å². The molecule has 1 saturated carbocycles. The first-order valence-corrected chi connectivity index (χ1v) is 6.63. The molecule has 0 spiro atoms. The van der Waals surface area contributed by atoms with E-state index in [-0.39, 0.29) is 0 Å². The van der Waals surface area contributed by atoms with Crippen LogP contribution >= 0.6 is 0 Å². The van der Waals surface area contributed by atoms with Crippen molar-refractivity contribution in [3.63, 3.8) is 0 Å². The first-order valence-electron chi connectivity index (χ1n) is 6.63. The van der Waals surface area contributed by atoms with E-state index in [1.807, 2.05) is 0 Å². The first kappa shape index (κ1) is 13.5. The van der Waals surface area contributed by atoms with Gasteiger partial charge in [0.25, 0.3) is 0 Å². The molecule has 0 atom stereocenters. The largest absolute Gasteiger partial charge is 0.337 e. The Labute approximate surface area is 113 Å². The Balaban J connectivity index is 1.85. The van der Waals surface area contributed by atoms with Crippen molar-refractivity contribution < 1.29 is 9.59 Å². The van der Waals surface area contributed by atoms with Crippen LogP contribution in [0.5, 0.6) is 0 Å². The second-order valence-electron chi connectivity index (χ2n) is 5.03. The van der Waals surface area contributed by atoms with Crippen LogP contribution in [0.15, 0.2) is 24.5 Å². The van der Waals surface area contributed by atoms with Crippen LogP contribution in [0.25, 0.3) is 0 Å². The minimum atomic E-state index is -0.603. The number of hydrogen-bond acceptors (Lipinski definition) is 3. The number of likely N-dealkylation sites (N-methyl/N-ethyl adjacent to an activating group) is 1. The third-order valence-electron chi connectivity index (χ3n) is 3.47. The lowest BCUT2D eigenvalue weighted by Gasteiger charge is -2.20. The fraction of sp³-hybridized carbons (Fsp3) is 0.500. The number of hydrogen-bond donors (Lipinski definition) is 1. The molecule has 2 amide bonds. The molecule has 0 aliphatic heterocycles. The Morgan fingerprint density at radius 3 is 2.79 bits per heavy atom. The molecule has 1 aliphatic rings. The standard InChI is InChI=1S/C14H19N3O2/c1-17(10-11-5-2-3-6-11)14(19)13(18)16-12-7-4-8-15-9-12/h4,7-9,11H,2-3,5-6,10H2,1H3,(H,16,18). The Hall–Kier alpha value is -1.91. The summed E-state index contributed by atoms with van der Waals surface area (Å²) >= 11 is 0. The van der Waals surface area contributed by atoms with Gasteiger partial charge < -0.3 is 10.2 Å². The third kappa shape index (κ3) is 3.77. The predicted octanol–water partition coefficient (Wildman–Crippen LogP) is 1.67. The molecule has 1 N–H and O–H groups in total. The summed E-state index contributed by atoms with van der Waals surface area (Å²) in [7, 11) is 1.68. The average molecular weight is 261 g/mol. The predicted molar refractivity (Wildman–Crippen MR) is 72.5 cm³/mol. The van der Waals surface area contributed by atoms with Gasteiger partial charge >= 0.3 is 11.8 Å². The van der Waals surface area contributed by atoms with Crippen molar-refractivity contribution in [2.75, 3.05) is 18.9 Å². The van der Waals surface area contributed by atoms with Crippen molar-refractivity contribution in [1.29, 1.82) is 0 Å².